The molecular weight excluding hydrogens is 496 g/mol. The molecule has 2 aliphatic rings. The number of likely N-dealkylation sites (tertiary alicyclic amines) is 1. The Kier molecular flexibility index (Phi) is 6.90. The summed E-state index contributed by atoms with van der Waals surface area (Å²) in [7, 11) is 2.03. The van der Waals surface area contributed by atoms with Crippen molar-refractivity contribution in [3.63, 3.8) is 0 Å². The topological polar surface area (TPSA) is 107 Å². The Labute approximate surface area is 228 Å². The minimum atomic E-state index is -0.637. The molecule has 11 heteroatoms. The molecule has 0 unspecified atom stereocenters. The first-order valence-electron chi connectivity index (χ1n) is 13.9. The fourth-order valence-corrected chi connectivity index (χ4v) is 5.74. The Bertz CT molecular complexity index is 1460. The van der Waals surface area contributed by atoms with Gasteiger partial charge in [0.2, 0.25) is 5.88 Å². The summed E-state index contributed by atoms with van der Waals surface area (Å²) in [5.41, 5.74) is 1.83. The zero-order valence-corrected chi connectivity index (χ0v) is 23.3. The molecule has 0 saturated carbocycles. The van der Waals surface area contributed by atoms with Crippen LogP contribution < -0.4 is 9.64 Å². The molecule has 3 aromatic heterocycles. The maximum atomic E-state index is 10.5. The highest BCUT2D eigenvalue weighted by molar-refractivity contribution is 5.87. The van der Waals surface area contributed by atoms with Crippen LogP contribution in [0.25, 0.3) is 28.0 Å². The number of aliphatic hydroxyl groups is 1. The Morgan fingerprint density at radius 2 is 1.79 bits per heavy atom. The monoisotopic (exact) mass is 534 g/mol. The van der Waals surface area contributed by atoms with E-state index in [1.54, 1.807) is 4.68 Å². The van der Waals surface area contributed by atoms with E-state index >= 15 is 0 Å². The van der Waals surface area contributed by atoms with Gasteiger partial charge in [0.15, 0.2) is 17.0 Å². The van der Waals surface area contributed by atoms with Gasteiger partial charge < -0.3 is 24.0 Å². The van der Waals surface area contributed by atoms with Crippen LogP contribution in [-0.2, 0) is 18.3 Å². The van der Waals surface area contributed by atoms with Crippen molar-refractivity contribution >= 4 is 27.9 Å². The lowest BCUT2D eigenvalue weighted by Crippen LogP contribution is -2.41. The lowest BCUT2D eigenvalue weighted by molar-refractivity contribution is -0.0139. The van der Waals surface area contributed by atoms with E-state index < -0.39 is 5.60 Å². The first-order valence-corrected chi connectivity index (χ1v) is 13.9. The second-order valence-corrected chi connectivity index (χ2v) is 11.1. The SMILES string of the molecule is CCOc1nn(-c2nc(N3CCOCC3)c3nc(CN4CCC(C(C)(C)O)CC4)n(C)c3n2)c2ccccc12. The van der Waals surface area contributed by atoms with Gasteiger partial charge in [0.25, 0.3) is 5.95 Å². The molecule has 0 amide bonds. The van der Waals surface area contributed by atoms with E-state index in [-0.39, 0.29) is 0 Å². The molecule has 5 heterocycles. The van der Waals surface area contributed by atoms with E-state index in [1.807, 2.05) is 52.1 Å². The quantitative estimate of drug-likeness (QED) is 0.383. The Hall–Kier alpha value is -3.28. The van der Waals surface area contributed by atoms with Gasteiger partial charge in [-0.1, -0.05) is 12.1 Å². The maximum absolute atomic E-state index is 10.5. The van der Waals surface area contributed by atoms with Crippen molar-refractivity contribution < 1.29 is 14.6 Å². The number of nitrogens with zero attached hydrogens (tertiary/aromatic N) is 8. The third-order valence-electron chi connectivity index (χ3n) is 8.07. The van der Waals surface area contributed by atoms with E-state index in [9.17, 15) is 5.11 Å². The molecule has 0 spiro atoms. The lowest BCUT2D eigenvalue weighted by atomic mass is 9.83. The van der Waals surface area contributed by atoms with Crippen LogP contribution in [0.5, 0.6) is 5.88 Å². The number of ether oxygens (including phenoxy) is 2. The number of rotatable bonds is 7. The zero-order chi connectivity index (χ0) is 27.1. The number of morpholine rings is 1. The van der Waals surface area contributed by atoms with Crippen LogP contribution in [0, 0.1) is 5.92 Å². The summed E-state index contributed by atoms with van der Waals surface area (Å²) >= 11 is 0. The van der Waals surface area contributed by atoms with Crippen LogP contribution in [0.4, 0.5) is 5.82 Å². The molecule has 11 nitrogen and oxygen atoms in total. The second kappa shape index (κ2) is 10.4. The molecule has 2 aliphatic heterocycles. The molecule has 1 N–H and O–H groups in total. The van der Waals surface area contributed by atoms with Crippen molar-refractivity contribution in [2.75, 3.05) is 50.9 Å². The van der Waals surface area contributed by atoms with Gasteiger partial charge in [-0.25, -0.2) is 4.98 Å². The number of hydrogen-bond donors (Lipinski definition) is 1. The predicted molar refractivity (Wildman–Crippen MR) is 149 cm³/mol. The van der Waals surface area contributed by atoms with Gasteiger partial charge in [-0.2, -0.15) is 14.6 Å². The molecule has 0 aliphatic carbocycles. The highest BCUT2D eigenvalue weighted by atomic mass is 16.5. The summed E-state index contributed by atoms with van der Waals surface area (Å²) in [5, 5.41) is 16.1. The average Bonchev–Trinajstić information content (AvgIpc) is 3.46. The van der Waals surface area contributed by atoms with E-state index in [0.29, 0.717) is 37.6 Å². The molecule has 0 radical (unpaired) electrons. The number of benzene rings is 1. The Balaban J connectivity index is 1.41. The van der Waals surface area contributed by atoms with Crippen molar-refractivity contribution in [2.45, 2.75) is 45.8 Å². The molecule has 1 aromatic carbocycles. The van der Waals surface area contributed by atoms with Gasteiger partial charge >= 0.3 is 0 Å². The van der Waals surface area contributed by atoms with Gasteiger partial charge in [-0.05, 0) is 64.8 Å². The number of piperidine rings is 1. The molecule has 0 atom stereocenters. The predicted octanol–water partition coefficient (Wildman–Crippen LogP) is 2.92. The molecule has 2 fully saturated rings. The number of fused-ring (bicyclic) bond motifs is 2. The number of para-hydroxylation sites is 1. The smallest absolute Gasteiger partial charge is 0.255 e. The van der Waals surface area contributed by atoms with Gasteiger partial charge in [0.05, 0.1) is 42.9 Å². The summed E-state index contributed by atoms with van der Waals surface area (Å²) in [6.45, 7) is 11.7. The fraction of sp³-hybridized carbons (Fsp3) is 0.571. The second-order valence-electron chi connectivity index (χ2n) is 11.1. The van der Waals surface area contributed by atoms with E-state index in [0.717, 1.165) is 79.3 Å². The number of imidazole rings is 1. The molecule has 208 valence electrons. The van der Waals surface area contributed by atoms with Gasteiger partial charge in [0, 0.05) is 20.1 Å². The summed E-state index contributed by atoms with van der Waals surface area (Å²) in [4.78, 5) is 19.8. The van der Waals surface area contributed by atoms with E-state index in [4.69, 9.17) is 29.5 Å². The van der Waals surface area contributed by atoms with Gasteiger partial charge in [-0.15, -0.1) is 5.10 Å². The average molecular weight is 535 g/mol. The highest BCUT2D eigenvalue weighted by Crippen LogP contribution is 2.32. The third kappa shape index (κ3) is 4.94. The van der Waals surface area contributed by atoms with Gasteiger partial charge in [-0.3, -0.25) is 4.90 Å². The maximum Gasteiger partial charge on any atom is 0.255 e. The van der Waals surface area contributed by atoms with Crippen molar-refractivity contribution in [1.82, 2.24) is 34.2 Å². The van der Waals surface area contributed by atoms with Crippen molar-refractivity contribution in [1.29, 1.82) is 0 Å². The molecule has 4 aromatic rings. The summed E-state index contributed by atoms with van der Waals surface area (Å²) < 4.78 is 15.3. The molecule has 6 rings (SSSR count). The summed E-state index contributed by atoms with van der Waals surface area (Å²) in [6.07, 6.45) is 1.95. The summed E-state index contributed by atoms with van der Waals surface area (Å²) in [6, 6.07) is 7.99. The normalized spacial score (nSPS) is 17.9. The van der Waals surface area contributed by atoms with Crippen LogP contribution in [0.1, 0.15) is 39.4 Å². The molecule has 0 bridgehead atoms. The first kappa shape index (κ1) is 26.0. The van der Waals surface area contributed by atoms with Crippen LogP contribution in [0.3, 0.4) is 0 Å². The summed E-state index contributed by atoms with van der Waals surface area (Å²) in [5.74, 6) is 3.14. The standard InChI is InChI=1S/C28H38N8O3/c1-5-39-26-20-8-6-7-9-21(20)36(32-26)27-30-24-23(25(31-27)35-14-16-38-17-15-35)29-22(33(24)4)18-34-12-10-19(11-13-34)28(2,3)37/h6-9,19,37H,5,10-18H2,1-4H3. The largest absolute Gasteiger partial charge is 0.476 e. The third-order valence-corrected chi connectivity index (χ3v) is 8.07. The fourth-order valence-electron chi connectivity index (χ4n) is 5.74. The van der Waals surface area contributed by atoms with Crippen LogP contribution in [0.2, 0.25) is 0 Å². The number of anilines is 1. The lowest BCUT2D eigenvalue weighted by Gasteiger charge is -2.37. The molecule has 39 heavy (non-hydrogen) atoms. The minimum absolute atomic E-state index is 0.320. The highest BCUT2D eigenvalue weighted by Gasteiger charge is 2.31. The Morgan fingerprint density at radius 1 is 1.05 bits per heavy atom. The van der Waals surface area contributed by atoms with E-state index in [2.05, 4.69) is 14.4 Å². The number of aryl methyl sites for hydroxylation is 1. The van der Waals surface area contributed by atoms with Crippen molar-refractivity contribution in [2.24, 2.45) is 13.0 Å². The van der Waals surface area contributed by atoms with Crippen molar-refractivity contribution in [3.05, 3.63) is 30.1 Å². The number of hydrogen-bond acceptors (Lipinski definition) is 9. The first-order chi connectivity index (χ1) is 18.8. The minimum Gasteiger partial charge on any atom is -0.476 e. The molecular formula is C28H38N8O3. The van der Waals surface area contributed by atoms with E-state index in [1.165, 1.54) is 0 Å². The Morgan fingerprint density at radius 3 is 2.51 bits per heavy atom. The van der Waals surface area contributed by atoms with Crippen LogP contribution in [0.15, 0.2) is 24.3 Å². The van der Waals surface area contributed by atoms with Gasteiger partial charge in [0.1, 0.15) is 5.82 Å². The molecule has 2 saturated heterocycles. The zero-order valence-electron chi connectivity index (χ0n) is 23.3. The van der Waals surface area contributed by atoms with Crippen LogP contribution in [-0.4, -0.2) is 90.9 Å². The number of aromatic nitrogens is 6. The van der Waals surface area contributed by atoms with Crippen molar-refractivity contribution in [3.8, 4) is 11.8 Å². The van der Waals surface area contributed by atoms with Crippen LogP contribution >= 0.6 is 0 Å².